The van der Waals surface area contributed by atoms with Crippen molar-refractivity contribution in [2.24, 2.45) is 12.8 Å². The fraction of sp³-hybridized carbons (Fsp3) is 0.778. The number of hydrogen-bond acceptors (Lipinski definition) is 4. The summed E-state index contributed by atoms with van der Waals surface area (Å²) in [5, 5.41) is 7.79. The summed E-state index contributed by atoms with van der Waals surface area (Å²) in [6.45, 7) is 0.520. The molecule has 1 heterocycles. The van der Waals surface area contributed by atoms with Gasteiger partial charge in [-0.25, -0.2) is 0 Å². The maximum absolute atomic E-state index is 5.88. The summed E-state index contributed by atoms with van der Waals surface area (Å²) in [4.78, 5) is 0. The molecule has 1 aliphatic carbocycles. The van der Waals surface area contributed by atoms with Crippen LogP contribution in [0.1, 0.15) is 25.0 Å². The van der Waals surface area contributed by atoms with Gasteiger partial charge in [0.1, 0.15) is 5.69 Å². The first-order chi connectivity index (χ1) is 6.75. The normalized spacial score (nSPS) is 27.0. The van der Waals surface area contributed by atoms with Crippen LogP contribution in [-0.4, -0.2) is 27.1 Å². The summed E-state index contributed by atoms with van der Waals surface area (Å²) >= 11 is 0. The van der Waals surface area contributed by atoms with Crippen LogP contribution in [0.4, 0.5) is 0 Å². The molecule has 1 aromatic rings. The average molecular weight is 196 g/mol. The van der Waals surface area contributed by atoms with Crippen LogP contribution in [0.3, 0.4) is 0 Å². The van der Waals surface area contributed by atoms with Gasteiger partial charge in [-0.05, 0) is 19.3 Å². The molecule has 0 aromatic carbocycles. The molecule has 2 unspecified atom stereocenters. The molecule has 1 saturated carbocycles. The summed E-state index contributed by atoms with van der Waals surface area (Å²) in [5.74, 6) is 0. The Morgan fingerprint density at radius 1 is 1.64 bits per heavy atom. The lowest BCUT2D eigenvalue weighted by molar-refractivity contribution is 0.0339. The largest absolute Gasteiger partial charge is 0.370 e. The Morgan fingerprint density at radius 2 is 2.50 bits per heavy atom. The van der Waals surface area contributed by atoms with Gasteiger partial charge in [-0.2, -0.15) is 0 Å². The SMILES string of the molecule is Cn1cc(COC2CCCC2N)nn1. The van der Waals surface area contributed by atoms with Crippen LogP contribution in [0.2, 0.25) is 0 Å². The van der Waals surface area contributed by atoms with E-state index in [1.54, 1.807) is 4.68 Å². The Morgan fingerprint density at radius 3 is 3.07 bits per heavy atom. The van der Waals surface area contributed by atoms with E-state index in [2.05, 4.69) is 10.3 Å². The van der Waals surface area contributed by atoms with Crippen molar-refractivity contribution in [1.82, 2.24) is 15.0 Å². The highest BCUT2D eigenvalue weighted by Gasteiger charge is 2.24. The molecule has 0 aliphatic heterocycles. The zero-order valence-electron chi connectivity index (χ0n) is 8.39. The minimum absolute atomic E-state index is 0.201. The van der Waals surface area contributed by atoms with Gasteiger partial charge in [0, 0.05) is 13.1 Å². The van der Waals surface area contributed by atoms with Gasteiger partial charge in [0.2, 0.25) is 0 Å². The maximum Gasteiger partial charge on any atom is 0.108 e. The van der Waals surface area contributed by atoms with E-state index in [4.69, 9.17) is 10.5 Å². The number of nitrogens with zero attached hydrogens (tertiary/aromatic N) is 3. The summed E-state index contributed by atoms with van der Waals surface area (Å²) in [5.41, 5.74) is 6.75. The molecule has 14 heavy (non-hydrogen) atoms. The topological polar surface area (TPSA) is 66.0 Å². The Bertz CT molecular complexity index is 299. The van der Waals surface area contributed by atoms with Crippen LogP contribution in [-0.2, 0) is 18.4 Å². The van der Waals surface area contributed by atoms with Crippen molar-refractivity contribution in [3.63, 3.8) is 0 Å². The highest BCUT2D eigenvalue weighted by atomic mass is 16.5. The van der Waals surface area contributed by atoms with Gasteiger partial charge in [-0.15, -0.1) is 5.10 Å². The van der Waals surface area contributed by atoms with Crippen molar-refractivity contribution in [2.45, 2.75) is 38.0 Å². The number of nitrogens with two attached hydrogens (primary N) is 1. The predicted octanol–water partition coefficient (Wildman–Crippen LogP) is 0.211. The number of aromatic nitrogens is 3. The van der Waals surface area contributed by atoms with E-state index in [0.717, 1.165) is 18.5 Å². The summed E-state index contributed by atoms with van der Waals surface area (Å²) in [7, 11) is 1.85. The molecular formula is C9H16N4O. The lowest BCUT2D eigenvalue weighted by atomic mass is 10.2. The fourth-order valence-electron chi connectivity index (χ4n) is 1.82. The minimum Gasteiger partial charge on any atom is -0.370 e. The Labute approximate surface area is 83.2 Å². The second-order valence-corrected chi connectivity index (χ2v) is 3.83. The third-order valence-corrected chi connectivity index (χ3v) is 2.60. The predicted molar refractivity (Wildman–Crippen MR) is 51.4 cm³/mol. The molecule has 0 bridgehead atoms. The molecule has 0 amide bonds. The number of rotatable bonds is 3. The number of ether oxygens (including phenoxy) is 1. The molecule has 2 atom stereocenters. The van der Waals surface area contributed by atoms with Crippen LogP contribution in [0.15, 0.2) is 6.20 Å². The van der Waals surface area contributed by atoms with Crippen molar-refractivity contribution in [2.75, 3.05) is 0 Å². The molecule has 5 nitrogen and oxygen atoms in total. The highest BCUT2D eigenvalue weighted by molar-refractivity contribution is 4.90. The van der Waals surface area contributed by atoms with E-state index < -0.39 is 0 Å². The first-order valence-electron chi connectivity index (χ1n) is 4.98. The van der Waals surface area contributed by atoms with Crippen molar-refractivity contribution in [3.8, 4) is 0 Å². The second kappa shape index (κ2) is 4.06. The van der Waals surface area contributed by atoms with Gasteiger partial charge in [0.25, 0.3) is 0 Å². The van der Waals surface area contributed by atoms with Gasteiger partial charge < -0.3 is 10.5 Å². The van der Waals surface area contributed by atoms with Gasteiger partial charge in [-0.1, -0.05) is 5.21 Å². The van der Waals surface area contributed by atoms with Crippen LogP contribution in [0.25, 0.3) is 0 Å². The standard InChI is InChI=1S/C9H16N4O/c1-13-5-7(11-12-13)6-14-9-4-2-3-8(9)10/h5,8-9H,2-4,6,10H2,1H3. The average Bonchev–Trinajstić information content (AvgIpc) is 2.72. The van der Waals surface area contributed by atoms with Gasteiger partial charge in [0.05, 0.1) is 18.9 Å². The quantitative estimate of drug-likeness (QED) is 0.750. The Hall–Kier alpha value is -0.940. The van der Waals surface area contributed by atoms with E-state index in [-0.39, 0.29) is 12.1 Å². The number of hydrogen-bond donors (Lipinski definition) is 1. The third-order valence-electron chi connectivity index (χ3n) is 2.60. The van der Waals surface area contributed by atoms with Gasteiger partial charge in [-0.3, -0.25) is 4.68 Å². The van der Waals surface area contributed by atoms with Gasteiger partial charge in [0.15, 0.2) is 0 Å². The van der Waals surface area contributed by atoms with E-state index in [9.17, 15) is 0 Å². The minimum atomic E-state index is 0.201. The molecule has 78 valence electrons. The molecule has 0 saturated heterocycles. The lowest BCUT2D eigenvalue weighted by Gasteiger charge is -2.14. The zero-order valence-corrected chi connectivity index (χ0v) is 8.39. The zero-order chi connectivity index (χ0) is 9.97. The monoisotopic (exact) mass is 196 g/mol. The Balaban J connectivity index is 1.82. The summed E-state index contributed by atoms with van der Waals surface area (Å²) in [6, 6.07) is 0.201. The van der Waals surface area contributed by atoms with E-state index >= 15 is 0 Å². The molecule has 2 N–H and O–H groups in total. The van der Waals surface area contributed by atoms with Crippen LogP contribution in [0, 0.1) is 0 Å². The van der Waals surface area contributed by atoms with Crippen molar-refractivity contribution < 1.29 is 4.74 Å². The fourth-order valence-corrected chi connectivity index (χ4v) is 1.82. The van der Waals surface area contributed by atoms with Crippen LogP contribution >= 0.6 is 0 Å². The molecule has 5 heteroatoms. The smallest absolute Gasteiger partial charge is 0.108 e. The van der Waals surface area contributed by atoms with E-state index in [1.807, 2.05) is 13.2 Å². The molecular weight excluding hydrogens is 180 g/mol. The summed E-state index contributed by atoms with van der Waals surface area (Å²) < 4.78 is 7.35. The van der Waals surface area contributed by atoms with Gasteiger partial charge >= 0.3 is 0 Å². The first-order valence-corrected chi connectivity index (χ1v) is 4.98. The van der Waals surface area contributed by atoms with E-state index in [0.29, 0.717) is 6.61 Å². The lowest BCUT2D eigenvalue weighted by Crippen LogP contribution is -2.31. The molecule has 0 spiro atoms. The van der Waals surface area contributed by atoms with Crippen molar-refractivity contribution >= 4 is 0 Å². The Kier molecular flexibility index (Phi) is 2.79. The molecule has 2 rings (SSSR count). The first kappa shape index (κ1) is 9.61. The molecule has 1 fully saturated rings. The van der Waals surface area contributed by atoms with Crippen LogP contribution in [0.5, 0.6) is 0 Å². The van der Waals surface area contributed by atoms with Crippen LogP contribution < -0.4 is 5.73 Å². The second-order valence-electron chi connectivity index (χ2n) is 3.83. The van der Waals surface area contributed by atoms with E-state index in [1.165, 1.54) is 6.42 Å². The third kappa shape index (κ3) is 2.10. The number of aryl methyl sites for hydroxylation is 1. The molecule has 1 aliphatic rings. The molecule has 1 aromatic heterocycles. The highest BCUT2D eigenvalue weighted by Crippen LogP contribution is 2.20. The van der Waals surface area contributed by atoms with Crippen molar-refractivity contribution in [3.05, 3.63) is 11.9 Å². The summed E-state index contributed by atoms with van der Waals surface area (Å²) in [6.07, 6.45) is 5.39. The molecule has 0 radical (unpaired) electrons. The maximum atomic E-state index is 5.88. The van der Waals surface area contributed by atoms with Crippen molar-refractivity contribution in [1.29, 1.82) is 0 Å².